The molecular weight excluding hydrogens is 684 g/mol. The molecule has 0 spiro atoms. The van der Waals surface area contributed by atoms with Crippen molar-refractivity contribution in [2.45, 2.75) is 57.5 Å². The Balaban J connectivity index is 0.000000229. The SMILES string of the molecule is CC(N(C)C(=O)c1ccc(C#Cc2cccc(Cl)c2)cn1)C(F)(F)F.CC1(C)CC(O)CCN1C(=O)c1ccc(C#Cc2cccc(F)c2)cn1. The van der Waals surface area contributed by atoms with E-state index in [2.05, 4.69) is 33.6 Å². The van der Waals surface area contributed by atoms with E-state index in [0.29, 0.717) is 57.3 Å². The number of hydrogen-bond donors (Lipinski definition) is 1. The molecule has 5 rings (SSSR count). The first-order valence-electron chi connectivity index (χ1n) is 15.8. The lowest BCUT2D eigenvalue weighted by Crippen LogP contribution is -2.54. The third kappa shape index (κ3) is 10.9. The summed E-state index contributed by atoms with van der Waals surface area (Å²) in [5.41, 5.74) is 2.34. The molecule has 4 aromatic rings. The highest BCUT2D eigenvalue weighted by Crippen LogP contribution is 2.29. The number of amides is 2. The second-order valence-corrected chi connectivity index (χ2v) is 12.9. The van der Waals surface area contributed by atoms with E-state index in [1.165, 1.54) is 30.5 Å². The Hall–Kier alpha value is -5.23. The van der Waals surface area contributed by atoms with Crippen LogP contribution in [0, 0.1) is 29.5 Å². The summed E-state index contributed by atoms with van der Waals surface area (Å²) in [6.07, 6.45) is -0.848. The first kappa shape index (κ1) is 38.6. The smallest absolute Gasteiger partial charge is 0.393 e. The van der Waals surface area contributed by atoms with Gasteiger partial charge in [0.05, 0.1) is 6.10 Å². The van der Waals surface area contributed by atoms with Gasteiger partial charge in [-0.15, -0.1) is 0 Å². The van der Waals surface area contributed by atoms with Crippen LogP contribution in [0.25, 0.3) is 0 Å². The van der Waals surface area contributed by atoms with Crippen molar-refractivity contribution in [2.24, 2.45) is 0 Å². The van der Waals surface area contributed by atoms with Crippen LogP contribution in [0.15, 0.2) is 85.2 Å². The number of likely N-dealkylation sites (tertiary alicyclic amines) is 1. The maximum atomic E-state index is 13.2. The summed E-state index contributed by atoms with van der Waals surface area (Å²) >= 11 is 5.87. The zero-order chi connectivity index (χ0) is 37.3. The summed E-state index contributed by atoms with van der Waals surface area (Å²) in [5.74, 6) is 10.3. The highest BCUT2D eigenvalue weighted by Gasteiger charge is 2.41. The molecule has 0 bridgehead atoms. The topological polar surface area (TPSA) is 86.6 Å². The highest BCUT2D eigenvalue weighted by molar-refractivity contribution is 6.30. The van der Waals surface area contributed by atoms with Crippen LogP contribution in [-0.2, 0) is 0 Å². The second kappa shape index (κ2) is 16.7. The van der Waals surface area contributed by atoms with Crippen LogP contribution < -0.4 is 0 Å². The van der Waals surface area contributed by atoms with Gasteiger partial charge < -0.3 is 14.9 Å². The summed E-state index contributed by atoms with van der Waals surface area (Å²) < 4.78 is 51.2. The minimum absolute atomic E-state index is 0.0769. The Morgan fingerprint density at radius 1 is 0.902 bits per heavy atom. The zero-order valence-electron chi connectivity index (χ0n) is 28.3. The highest BCUT2D eigenvalue weighted by atomic mass is 35.5. The number of rotatable bonds is 3. The first-order valence-corrected chi connectivity index (χ1v) is 16.2. The predicted octanol–water partition coefficient (Wildman–Crippen LogP) is 7.15. The molecule has 2 atom stereocenters. The van der Waals surface area contributed by atoms with Crippen molar-refractivity contribution in [2.75, 3.05) is 13.6 Å². The van der Waals surface area contributed by atoms with E-state index in [1.54, 1.807) is 59.6 Å². The fourth-order valence-electron chi connectivity index (χ4n) is 5.07. The number of carbonyl (C=O) groups excluding carboxylic acids is 2. The van der Waals surface area contributed by atoms with E-state index in [0.717, 1.165) is 14.0 Å². The Morgan fingerprint density at radius 2 is 1.45 bits per heavy atom. The molecule has 7 nitrogen and oxygen atoms in total. The molecule has 12 heteroatoms. The molecule has 264 valence electrons. The monoisotopic (exact) mass is 718 g/mol. The number of aliphatic hydroxyl groups is 1. The molecule has 1 aliphatic rings. The molecule has 1 fully saturated rings. The van der Waals surface area contributed by atoms with Gasteiger partial charge in [0.2, 0.25) is 0 Å². The standard InChI is InChI=1S/C21H21FN2O2.C18H14ClF3N2O/c1-21(2)13-18(25)10-11-24(21)20(26)19-9-8-16(14-23-19)7-6-15-4-3-5-17(22)12-15;1-12(18(20,21)22)24(2)17(25)16-9-8-14(11-23-16)7-6-13-4-3-5-15(19)10-13/h3-5,8-9,12,14,18,25H,10-11,13H2,1-2H3;3-5,8-12H,1-2H3. The summed E-state index contributed by atoms with van der Waals surface area (Å²) in [6.45, 7) is 5.33. The number of pyridine rings is 2. The van der Waals surface area contributed by atoms with E-state index in [4.69, 9.17) is 11.6 Å². The summed E-state index contributed by atoms with van der Waals surface area (Å²) in [7, 11) is 1.09. The van der Waals surface area contributed by atoms with E-state index < -0.39 is 23.7 Å². The molecular formula is C39H35ClF4N4O3. The summed E-state index contributed by atoms with van der Waals surface area (Å²) in [4.78, 5) is 35.3. The average Bonchev–Trinajstić information content (AvgIpc) is 3.08. The van der Waals surface area contributed by atoms with Gasteiger partial charge in [0.15, 0.2) is 0 Å². The number of benzene rings is 2. The number of alkyl halides is 3. The number of aromatic nitrogens is 2. The molecule has 51 heavy (non-hydrogen) atoms. The van der Waals surface area contributed by atoms with Crippen LogP contribution in [0.4, 0.5) is 17.6 Å². The van der Waals surface area contributed by atoms with Gasteiger partial charge >= 0.3 is 6.18 Å². The summed E-state index contributed by atoms with van der Waals surface area (Å²) in [6, 6.07) is 17.4. The van der Waals surface area contributed by atoms with Crippen LogP contribution in [-0.4, -0.2) is 74.1 Å². The maximum Gasteiger partial charge on any atom is 0.408 e. The van der Waals surface area contributed by atoms with Crippen LogP contribution >= 0.6 is 11.6 Å². The van der Waals surface area contributed by atoms with Crippen molar-refractivity contribution < 1.29 is 32.3 Å². The largest absolute Gasteiger partial charge is 0.408 e. The zero-order valence-corrected chi connectivity index (χ0v) is 29.1. The molecule has 1 saturated heterocycles. The Morgan fingerprint density at radius 3 is 1.96 bits per heavy atom. The molecule has 2 aromatic heterocycles. The molecule has 0 aliphatic carbocycles. The van der Waals surface area contributed by atoms with E-state index in [-0.39, 0.29) is 23.5 Å². The minimum atomic E-state index is -4.49. The van der Waals surface area contributed by atoms with Crippen molar-refractivity contribution in [3.63, 3.8) is 0 Å². The normalized spacial score (nSPS) is 15.5. The van der Waals surface area contributed by atoms with Gasteiger partial charge in [0.25, 0.3) is 11.8 Å². The Labute approximate surface area is 299 Å². The molecule has 2 aromatic carbocycles. The fraction of sp³-hybridized carbons (Fsp3) is 0.282. The third-order valence-corrected chi connectivity index (χ3v) is 8.32. The van der Waals surface area contributed by atoms with Gasteiger partial charge in [-0.05, 0) is 94.3 Å². The van der Waals surface area contributed by atoms with Crippen LogP contribution in [0.2, 0.25) is 5.02 Å². The van der Waals surface area contributed by atoms with Crippen molar-refractivity contribution in [1.29, 1.82) is 0 Å². The van der Waals surface area contributed by atoms with Crippen molar-refractivity contribution in [3.8, 4) is 23.7 Å². The van der Waals surface area contributed by atoms with Gasteiger partial charge in [-0.2, -0.15) is 13.2 Å². The van der Waals surface area contributed by atoms with Gasteiger partial charge in [-0.1, -0.05) is 47.4 Å². The molecule has 1 aliphatic heterocycles. The Kier molecular flexibility index (Phi) is 12.6. The van der Waals surface area contributed by atoms with E-state index >= 15 is 0 Å². The second-order valence-electron chi connectivity index (χ2n) is 12.4. The van der Waals surface area contributed by atoms with E-state index in [9.17, 15) is 32.3 Å². The average molecular weight is 719 g/mol. The van der Waals surface area contributed by atoms with Crippen LogP contribution in [0.1, 0.15) is 76.8 Å². The van der Waals surface area contributed by atoms with Crippen molar-refractivity contribution in [3.05, 3.63) is 130 Å². The Bertz CT molecular complexity index is 1980. The number of aliphatic hydroxyl groups excluding tert-OH is 1. The molecule has 0 radical (unpaired) electrons. The van der Waals surface area contributed by atoms with Crippen LogP contribution in [0.3, 0.4) is 0 Å². The summed E-state index contributed by atoms with van der Waals surface area (Å²) in [5, 5.41) is 10.4. The van der Waals surface area contributed by atoms with Gasteiger partial charge in [0, 0.05) is 58.8 Å². The first-order chi connectivity index (χ1) is 24.0. The molecule has 2 unspecified atom stereocenters. The molecule has 2 amide bonds. The molecule has 3 heterocycles. The van der Waals surface area contributed by atoms with Gasteiger partial charge in [-0.25, -0.2) is 14.4 Å². The number of piperidine rings is 1. The number of carbonyl (C=O) groups is 2. The quantitative estimate of drug-likeness (QED) is 0.180. The number of halogens is 5. The lowest BCUT2D eigenvalue weighted by Gasteiger charge is -2.44. The molecule has 1 N–H and O–H groups in total. The minimum Gasteiger partial charge on any atom is -0.393 e. The molecule has 0 saturated carbocycles. The lowest BCUT2D eigenvalue weighted by atomic mass is 9.88. The van der Waals surface area contributed by atoms with Crippen LogP contribution in [0.5, 0.6) is 0 Å². The predicted molar refractivity (Wildman–Crippen MR) is 186 cm³/mol. The maximum absolute atomic E-state index is 13.2. The van der Waals surface area contributed by atoms with Gasteiger partial charge in [-0.3, -0.25) is 9.59 Å². The van der Waals surface area contributed by atoms with Crippen molar-refractivity contribution >= 4 is 23.4 Å². The van der Waals surface area contributed by atoms with Gasteiger partial charge in [0.1, 0.15) is 23.2 Å². The third-order valence-electron chi connectivity index (χ3n) is 8.09. The number of hydrogen-bond acceptors (Lipinski definition) is 5. The number of nitrogens with zero attached hydrogens (tertiary/aromatic N) is 4. The van der Waals surface area contributed by atoms with E-state index in [1.807, 2.05) is 13.8 Å². The lowest BCUT2D eigenvalue weighted by molar-refractivity contribution is -0.169. The fourth-order valence-corrected chi connectivity index (χ4v) is 5.26. The van der Waals surface area contributed by atoms with Crippen molar-refractivity contribution in [1.82, 2.24) is 19.8 Å².